The van der Waals surface area contributed by atoms with Gasteiger partial charge in [-0.05, 0) is 37.5 Å². The summed E-state index contributed by atoms with van der Waals surface area (Å²) >= 11 is 3.56. The van der Waals surface area contributed by atoms with Gasteiger partial charge >= 0.3 is 0 Å². The van der Waals surface area contributed by atoms with Gasteiger partial charge in [0.15, 0.2) is 0 Å². The molecule has 2 heteroatoms. The summed E-state index contributed by atoms with van der Waals surface area (Å²) in [4.78, 5) is 0. The van der Waals surface area contributed by atoms with Crippen LogP contribution in [0.25, 0.3) is 0 Å². The van der Waals surface area contributed by atoms with E-state index in [1.54, 1.807) is 0 Å². The summed E-state index contributed by atoms with van der Waals surface area (Å²) in [6.07, 6.45) is 3.65. The van der Waals surface area contributed by atoms with E-state index in [-0.39, 0.29) is 0 Å². The predicted molar refractivity (Wildman–Crippen MR) is 71.5 cm³/mol. The molecule has 1 aromatic rings. The van der Waals surface area contributed by atoms with E-state index in [1.165, 1.54) is 35.0 Å². The Morgan fingerprint density at radius 2 is 2.07 bits per heavy atom. The highest BCUT2D eigenvalue weighted by Crippen LogP contribution is 2.24. The molecular formula is C13H20BrN. The molecular weight excluding hydrogens is 250 g/mol. The highest BCUT2D eigenvalue weighted by atomic mass is 79.9. The fourth-order valence-electron chi connectivity index (χ4n) is 1.71. The minimum Gasteiger partial charge on any atom is -0.382 e. The Bertz CT molecular complexity index is 309. The molecule has 0 radical (unpaired) electrons. The quantitative estimate of drug-likeness (QED) is 0.814. The highest BCUT2D eigenvalue weighted by Gasteiger charge is 2.07. The molecule has 1 rings (SSSR count). The lowest BCUT2D eigenvalue weighted by Crippen LogP contribution is -2.18. The van der Waals surface area contributed by atoms with Gasteiger partial charge in [0.05, 0.1) is 0 Å². The molecule has 0 aliphatic carbocycles. The van der Waals surface area contributed by atoms with Crippen molar-refractivity contribution in [3.8, 4) is 0 Å². The molecule has 0 aromatic heterocycles. The number of rotatable bonds is 5. The normalized spacial score (nSPS) is 12.5. The Morgan fingerprint density at radius 1 is 1.33 bits per heavy atom. The van der Waals surface area contributed by atoms with Gasteiger partial charge in [-0.2, -0.15) is 0 Å². The first-order chi connectivity index (χ1) is 7.19. The first kappa shape index (κ1) is 12.6. The van der Waals surface area contributed by atoms with Crippen molar-refractivity contribution < 1.29 is 0 Å². The van der Waals surface area contributed by atoms with E-state index in [9.17, 15) is 0 Å². The van der Waals surface area contributed by atoms with Crippen molar-refractivity contribution in [3.05, 3.63) is 28.2 Å². The van der Waals surface area contributed by atoms with Gasteiger partial charge in [0, 0.05) is 16.2 Å². The van der Waals surface area contributed by atoms with Crippen LogP contribution in [-0.4, -0.2) is 6.04 Å². The maximum Gasteiger partial charge on any atom is 0.0383 e. The topological polar surface area (TPSA) is 12.0 Å². The molecule has 84 valence electrons. The molecule has 0 spiro atoms. The summed E-state index contributed by atoms with van der Waals surface area (Å²) in [5.74, 6) is 0. The highest BCUT2D eigenvalue weighted by molar-refractivity contribution is 9.10. The lowest BCUT2D eigenvalue weighted by molar-refractivity contribution is 0.622. The van der Waals surface area contributed by atoms with Crippen LogP contribution in [0.15, 0.2) is 22.7 Å². The van der Waals surface area contributed by atoms with Gasteiger partial charge in [0.2, 0.25) is 0 Å². The SMILES string of the molecule is CCCC(CC)Nc1cccc(Br)c1C. The minimum absolute atomic E-state index is 0.600. The fraction of sp³-hybridized carbons (Fsp3) is 0.538. The van der Waals surface area contributed by atoms with Crippen LogP contribution in [0.1, 0.15) is 38.7 Å². The maximum atomic E-state index is 3.61. The van der Waals surface area contributed by atoms with Crippen molar-refractivity contribution in [2.24, 2.45) is 0 Å². The van der Waals surface area contributed by atoms with Crippen LogP contribution < -0.4 is 5.32 Å². The summed E-state index contributed by atoms with van der Waals surface area (Å²) in [5, 5.41) is 3.61. The lowest BCUT2D eigenvalue weighted by Gasteiger charge is -2.19. The monoisotopic (exact) mass is 269 g/mol. The third-order valence-electron chi connectivity index (χ3n) is 2.76. The largest absolute Gasteiger partial charge is 0.382 e. The Hall–Kier alpha value is -0.500. The summed E-state index contributed by atoms with van der Waals surface area (Å²) in [7, 11) is 0. The molecule has 1 nitrogen and oxygen atoms in total. The second-order valence-corrected chi connectivity index (χ2v) is 4.80. The zero-order valence-electron chi connectivity index (χ0n) is 9.81. The Morgan fingerprint density at radius 3 is 2.67 bits per heavy atom. The van der Waals surface area contributed by atoms with Gasteiger partial charge in [-0.15, -0.1) is 0 Å². The summed E-state index contributed by atoms with van der Waals surface area (Å²) in [5.41, 5.74) is 2.55. The molecule has 0 saturated carbocycles. The van der Waals surface area contributed by atoms with Crippen LogP contribution >= 0.6 is 15.9 Å². The molecule has 0 saturated heterocycles. The average molecular weight is 270 g/mol. The molecule has 1 N–H and O–H groups in total. The van der Waals surface area contributed by atoms with Gasteiger partial charge in [-0.25, -0.2) is 0 Å². The number of halogens is 1. The second-order valence-electron chi connectivity index (χ2n) is 3.95. The first-order valence-corrected chi connectivity index (χ1v) is 6.50. The standard InChI is InChI=1S/C13H20BrN/c1-4-7-11(5-2)15-13-9-6-8-12(14)10(13)3/h6,8-9,11,15H,4-5,7H2,1-3H3. The van der Waals surface area contributed by atoms with E-state index >= 15 is 0 Å². The van der Waals surface area contributed by atoms with Gasteiger partial charge in [0.25, 0.3) is 0 Å². The molecule has 15 heavy (non-hydrogen) atoms. The van der Waals surface area contributed by atoms with Crippen LogP contribution in [0, 0.1) is 6.92 Å². The van der Waals surface area contributed by atoms with E-state index in [2.05, 4.69) is 60.2 Å². The summed E-state index contributed by atoms with van der Waals surface area (Å²) < 4.78 is 1.18. The fourth-order valence-corrected chi connectivity index (χ4v) is 2.08. The van der Waals surface area contributed by atoms with Crippen molar-refractivity contribution in [1.29, 1.82) is 0 Å². The number of hydrogen-bond donors (Lipinski definition) is 1. The van der Waals surface area contributed by atoms with E-state index in [0.29, 0.717) is 6.04 Å². The number of benzene rings is 1. The second kappa shape index (κ2) is 6.16. The van der Waals surface area contributed by atoms with Gasteiger partial charge in [-0.1, -0.05) is 42.3 Å². The van der Waals surface area contributed by atoms with Crippen LogP contribution in [0.3, 0.4) is 0 Å². The van der Waals surface area contributed by atoms with Crippen molar-refractivity contribution in [1.82, 2.24) is 0 Å². The summed E-state index contributed by atoms with van der Waals surface area (Å²) in [6, 6.07) is 6.92. The van der Waals surface area contributed by atoms with Crippen LogP contribution in [0.4, 0.5) is 5.69 Å². The van der Waals surface area contributed by atoms with Crippen molar-refractivity contribution in [2.45, 2.75) is 46.1 Å². The number of anilines is 1. The average Bonchev–Trinajstić information content (AvgIpc) is 2.24. The predicted octanol–water partition coefficient (Wildman–Crippen LogP) is 4.75. The Kier molecular flexibility index (Phi) is 5.16. The first-order valence-electron chi connectivity index (χ1n) is 5.70. The zero-order valence-corrected chi connectivity index (χ0v) is 11.4. The Labute approximate surface area is 101 Å². The number of hydrogen-bond acceptors (Lipinski definition) is 1. The molecule has 0 aliphatic heterocycles. The summed E-state index contributed by atoms with van der Waals surface area (Å²) in [6.45, 7) is 6.61. The third-order valence-corrected chi connectivity index (χ3v) is 3.62. The molecule has 0 amide bonds. The molecule has 0 fully saturated rings. The molecule has 0 heterocycles. The molecule has 0 bridgehead atoms. The van der Waals surface area contributed by atoms with E-state index in [4.69, 9.17) is 0 Å². The Balaban J connectivity index is 2.74. The van der Waals surface area contributed by atoms with Crippen molar-refractivity contribution in [3.63, 3.8) is 0 Å². The third kappa shape index (κ3) is 3.53. The minimum atomic E-state index is 0.600. The van der Waals surface area contributed by atoms with Crippen molar-refractivity contribution in [2.75, 3.05) is 5.32 Å². The molecule has 0 aliphatic rings. The number of nitrogens with one attached hydrogen (secondary N) is 1. The van der Waals surface area contributed by atoms with Crippen molar-refractivity contribution >= 4 is 21.6 Å². The molecule has 1 aromatic carbocycles. The van der Waals surface area contributed by atoms with Crippen LogP contribution in [0.2, 0.25) is 0 Å². The van der Waals surface area contributed by atoms with Crippen LogP contribution in [0.5, 0.6) is 0 Å². The van der Waals surface area contributed by atoms with E-state index in [1.807, 2.05) is 0 Å². The molecule has 1 atom stereocenters. The van der Waals surface area contributed by atoms with E-state index in [0.717, 1.165) is 0 Å². The van der Waals surface area contributed by atoms with Gasteiger partial charge in [-0.3, -0.25) is 0 Å². The maximum absolute atomic E-state index is 3.61. The molecule has 1 unspecified atom stereocenters. The lowest BCUT2D eigenvalue weighted by atomic mass is 10.1. The van der Waals surface area contributed by atoms with Gasteiger partial charge in [0.1, 0.15) is 0 Å². The zero-order chi connectivity index (χ0) is 11.3. The smallest absolute Gasteiger partial charge is 0.0383 e. The van der Waals surface area contributed by atoms with Gasteiger partial charge < -0.3 is 5.32 Å². The van der Waals surface area contributed by atoms with Crippen LogP contribution in [-0.2, 0) is 0 Å². The van der Waals surface area contributed by atoms with E-state index < -0.39 is 0 Å².